The minimum absolute atomic E-state index is 0.115. The number of hydrogen-bond acceptors (Lipinski definition) is 3. The highest BCUT2D eigenvalue weighted by molar-refractivity contribution is 5.83. The zero-order valence-electron chi connectivity index (χ0n) is 10.7. The van der Waals surface area contributed by atoms with Gasteiger partial charge in [0, 0.05) is 11.0 Å². The van der Waals surface area contributed by atoms with Crippen LogP contribution in [0, 0.1) is 11.3 Å². The lowest BCUT2D eigenvalue weighted by Gasteiger charge is -2.10. The second kappa shape index (κ2) is 3.65. The molecule has 4 nitrogen and oxygen atoms in total. The minimum atomic E-state index is -0.186. The first-order valence-electron chi connectivity index (χ1n) is 6.88. The van der Waals surface area contributed by atoms with Gasteiger partial charge >= 0.3 is 0 Å². The van der Waals surface area contributed by atoms with Crippen molar-refractivity contribution in [2.75, 3.05) is 6.79 Å². The van der Waals surface area contributed by atoms with Crippen molar-refractivity contribution < 1.29 is 14.3 Å². The van der Waals surface area contributed by atoms with E-state index in [4.69, 9.17) is 15.2 Å². The van der Waals surface area contributed by atoms with Gasteiger partial charge in [0.25, 0.3) is 0 Å². The number of nitrogens with two attached hydrogens (primary N) is 1. The predicted octanol–water partition coefficient (Wildman–Crippen LogP) is 2.17. The summed E-state index contributed by atoms with van der Waals surface area (Å²) in [5, 5.41) is 0. The summed E-state index contributed by atoms with van der Waals surface area (Å²) >= 11 is 0. The summed E-state index contributed by atoms with van der Waals surface area (Å²) in [7, 11) is 0. The Morgan fingerprint density at radius 1 is 1.37 bits per heavy atom. The van der Waals surface area contributed by atoms with Gasteiger partial charge in [-0.1, -0.05) is 12.1 Å². The van der Waals surface area contributed by atoms with Gasteiger partial charge in [-0.05, 0) is 43.6 Å². The van der Waals surface area contributed by atoms with Crippen LogP contribution in [0.2, 0.25) is 0 Å². The molecule has 1 aromatic rings. The minimum Gasteiger partial charge on any atom is -0.454 e. The Morgan fingerprint density at radius 2 is 2.21 bits per heavy atom. The van der Waals surface area contributed by atoms with Crippen LogP contribution in [0.15, 0.2) is 18.2 Å². The third-order valence-corrected chi connectivity index (χ3v) is 4.78. The van der Waals surface area contributed by atoms with E-state index in [0.29, 0.717) is 18.6 Å². The molecule has 4 rings (SSSR count). The smallest absolute Gasteiger partial charge is 0.231 e. The highest BCUT2D eigenvalue weighted by Gasteiger charge is 2.54. The zero-order chi connectivity index (χ0) is 13.0. The third-order valence-electron chi connectivity index (χ3n) is 4.78. The van der Waals surface area contributed by atoms with E-state index in [0.717, 1.165) is 37.2 Å². The summed E-state index contributed by atoms with van der Waals surface area (Å²) in [6.07, 6.45) is 4.02. The van der Waals surface area contributed by atoms with Gasteiger partial charge in [0.15, 0.2) is 11.5 Å². The predicted molar refractivity (Wildman–Crippen MR) is 68.9 cm³/mol. The maximum atomic E-state index is 11.5. The van der Waals surface area contributed by atoms with Crippen LogP contribution < -0.4 is 15.2 Å². The number of benzene rings is 1. The lowest BCUT2D eigenvalue weighted by Crippen LogP contribution is -2.25. The van der Waals surface area contributed by atoms with E-state index < -0.39 is 0 Å². The van der Waals surface area contributed by atoms with Gasteiger partial charge in [0.1, 0.15) is 0 Å². The molecule has 1 aromatic carbocycles. The highest BCUT2D eigenvalue weighted by atomic mass is 16.7. The van der Waals surface area contributed by atoms with E-state index in [1.54, 1.807) is 0 Å². The molecule has 0 aromatic heterocycles. The van der Waals surface area contributed by atoms with Gasteiger partial charge in [0.05, 0.1) is 0 Å². The molecule has 100 valence electrons. The van der Waals surface area contributed by atoms with E-state index >= 15 is 0 Å². The molecule has 2 fully saturated rings. The topological polar surface area (TPSA) is 61.6 Å². The number of amides is 1. The van der Waals surface area contributed by atoms with Gasteiger partial charge < -0.3 is 15.2 Å². The fourth-order valence-corrected chi connectivity index (χ4v) is 3.30. The van der Waals surface area contributed by atoms with Crippen molar-refractivity contribution in [3.63, 3.8) is 0 Å². The zero-order valence-corrected chi connectivity index (χ0v) is 10.7. The average Bonchev–Trinajstić information content (AvgIpc) is 3.29. The normalized spacial score (nSPS) is 29.1. The molecule has 1 heterocycles. The van der Waals surface area contributed by atoms with Crippen LogP contribution in [0.3, 0.4) is 0 Å². The van der Waals surface area contributed by atoms with E-state index in [9.17, 15) is 4.79 Å². The summed E-state index contributed by atoms with van der Waals surface area (Å²) in [6, 6.07) is 6.07. The lowest BCUT2D eigenvalue weighted by atomic mass is 9.96. The largest absolute Gasteiger partial charge is 0.454 e. The first-order chi connectivity index (χ1) is 9.20. The summed E-state index contributed by atoms with van der Waals surface area (Å²) < 4.78 is 11.0. The number of ether oxygens (including phenoxy) is 2. The Labute approximate surface area is 111 Å². The Hall–Kier alpha value is -1.71. The van der Waals surface area contributed by atoms with Crippen molar-refractivity contribution in [1.82, 2.24) is 0 Å². The van der Waals surface area contributed by atoms with E-state index in [1.807, 2.05) is 12.1 Å². The van der Waals surface area contributed by atoms with E-state index in [2.05, 4.69) is 6.07 Å². The summed E-state index contributed by atoms with van der Waals surface area (Å²) in [5.74, 6) is 2.72. The molecule has 2 atom stereocenters. The monoisotopic (exact) mass is 259 g/mol. The summed E-state index contributed by atoms with van der Waals surface area (Å²) in [6.45, 7) is 0.314. The van der Waals surface area contributed by atoms with Crippen molar-refractivity contribution >= 4 is 5.91 Å². The maximum Gasteiger partial charge on any atom is 0.231 e. The molecule has 19 heavy (non-hydrogen) atoms. The van der Waals surface area contributed by atoms with E-state index in [-0.39, 0.29) is 11.3 Å². The Morgan fingerprint density at radius 3 is 2.95 bits per heavy atom. The van der Waals surface area contributed by atoms with Crippen LogP contribution in [0.5, 0.6) is 11.5 Å². The van der Waals surface area contributed by atoms with Crippen molar-refractivity contribution in [2.45, 2.75) is 31.6 Å². The number of primary amides is 1. The van der Waals surface area contributed by atoms with Crippen molar-refractivity contribution in [3.8, 4) is 11.5 Å². The Bertz CT molecular complexity index is 550. The summed E-state index contributed by atoms with van der Waals surface area (Å²) in [5.41, 5.74) is 6.55. The maximum absolute atomic E-state index is 11.5. The lowest BCUT2D eigenvalue weighted by molar-refractivity contribution is -0.123. The number of hydrogen-bond donors (Lipinski definition) is 1. The number of para-hydroxylation sites is 1. The van der Waals surface area contributed by atoms with Crippen LogP contribution in [-0.4, -0.2) is 12.7 Å². The van der Waals surface area contributed by atoms with Gasteiger partial charge in [-0.3, -0.25) is 4.79 Å². The van der Waals surface area contributed by atoms with Gasteiger partial charge in [-0.2, -0.15) is 0 Å². The first kappa shape index (κ1) is 11.1. The van der Waals surface area contributed by atoms with Crippen molar-refractivity contribution in [1.29, 1.82) is 0 Å². The number of rotatable bonds is 4. The summed E-state index contributed by atoms with van der Waals surface area (Å²) in [4.78, 5) is 11.5. The SMILES string of the molecule is NC(=O)C1(CC2CC2c2cccc3c2OCO3)CC1. The standard InChI is InChI=1S/C15H17NO3/c16-14(17)15(4-5-15)7-9-6-11(9)10-2-1-3-12-13(10)19-8-18-12/h1-3,9,11H,4-8H2,(H2,16,17). The van der Waals surface area contributed by atoms with Crippen LogP contribution >= 0.6 is 0 Å². The van der Waals surface area contributed by atoms with Gasteiger partial charge in [0.2, 0.25) is 12.7 Å². The Balaban J connectivity index is 1.51. The molecule has 1 amide bonds. The molecule has 2 aliphatic carbocycles. The fourth-order valence-electron chi connectivity index (χ4n) is 3.30. The molecule has 0 spiro atoms. The molecule has 1 aliphatic heterocycles. The van der Waals surface area contributed by atoms with Crippen molar-refractivity contribution in [2.24, 2.45) is 17.1 Å². The van der Waals surface area contributed by atoms with Crippen LogP contribution in [0.25, 0.3) is 0 Å². The van der Waals surface area contributed by atoms with Crippen LogP contribution in [0.4, 0.5) is 0 Å². The first-order valence-corrected chi connectivity index (χ1v) is 6.88. The van der Waals surface area contributed by atoms with Gasteiger partial charge in [-0.25, -0.2) is 0 Å². The van der Waals surface area contributed by atoms with Gasteiger partial charge in [-0.15, -0.1) is 0 Å². The van der Waals surface area contributed by atoms with Crippen LogP contribution in [-0.2, 0) is 4.79 Å². The molecule has 2 N–H and O–H groups in total. The number of carbonyl (C=O) groups is 1. The second-order valence-electron chi connectivity index (χ2n) is 6.03. The molecular formula is C15H17NO3. The highest BCUT2D eigenvalue weighted by Crippen LogP contribution is 2.61. The van der Waals surface area contributed by atoms with Crippen LogP contribution in [0.1, 0.15) is 37.2 Å². The number of fused-ring (bicyclic) bond motifs is 1. The molecule has 0 saturated heterocycles. The molecule has 0 radical (unpaired) electrons. The molecule has 4 heteroatoms. The second-order valence-corrected chi connectivity index (χ2v) is 6.03. The fraction of sp³-hybridized carbons (Fsp3) is 0.533. The molecule has 2 unspecified atom stereocenters. The molecular weight excluding hydrogens is 242 g/mol. The molecule has 2 saturated carbocycles. The number of carbonyl (C=O) groups excluding carboxylic acids is 1. The van der Waals surface area contributed by atoms with Crippen molar-refractivity contribution in [3.05, 3.63) is 23.8 Å². The third kappa shape index (κ3) is 1.70. The average molecular weight is 259 g/mol. The Kier molecular flexibility index (Phi) is 2.14. The quantitative estimate of drug-likeness (QED) is 0.901. The van der Waals surface area contributed by atoms with E-state index in [1.165, 1.54) is 5.56 Å². The molecule has 0 bridgehead atoms. The molecule has 3 aliphatic rings.